The van der Waals surface area contributed by atoms with Crippen LogP contribution in [0, 0.1) is 0 Å². The van der Waals surface area contributed by atoms with E-state index >= 15 is 0 Å². The fourth-order valence-electron chi connectivity index (χ4n) is 3.51. The molecule has 0 aliphatic carbocycles. The third kappa shape index (κ3) is 25.9. The number of ether oxygens (including phenoxy) is 3. The number of hydrogen-bond acceptors (Lipinski definition) is 7. The van der Waals surface area contributed by atoms with Crippen LogP contribution in [0.25, 0.3) is 0 Å². The van der Waals surface area contributed by atoms with Gasteiger partial charge in [-0.05, 0) is 32.1 Å². The molecule has 0 fully saturated rings. The largest absolute Gasteiger partial charge is 0.496 e. The fraction of sp³-hybridized carbons (Fsp3) is 0.857. The molecule has 0 spiro atoms. The van der Waals surface area contributed by atoms with Crippen molar-refractivity contribution < 1.29 is 34.6 Å². The zero-order valence-electron chi connectivity index (χ0n) is 22.2. The second-order valence-electron chi connectivity index (χ2n) is 9.40. The highest BCUT2D eigenvalue weighted by Crippen LogP contribution is 2.13. The maximum absolute atomic E-state index is 9.93. The van der Waals surface area contributed by atoms with Crippen molar-refractivity contribution in [2.45, 2.75) is 115 Å². The lowest BCUT2D eigenvalue weighted by atomic mass is 10.1. The summed E-state index contributed by atoms with van der Waals surface area (Å²) in [6.07, 6.45) is 19.4. The molecule has 0 amide bonds. The first-order valence-corrected chi connectivity index (χ1v) is 13.8. The van der Waals surface area contributed by atoms with Crippen molar-refractivity contribution >= 4 is 0 Å². The summed E-state index contributed by atoms with van der Waals surface area (Å²) in [5.74, 6) is 0.678. The molecule has 0 saturated heterocycles. The number of aliphatic hydroxyl groups is 4. The van der Waals surface area contributed by atoms with Gasteiger partial charge in [0.25, 0.3) is 0 Å². The average molecular weight is 503 g/mol. The van der Waals surface area contributed by atoms with E-state index < -0.39 is 18.3 Å². The molecule has 0 aromatic rings. The van der Waals surface area contributed by atoms with Gasteiger partial charge >= 0.3 is 0 Å². The van der Waals surface area contributed by atoms with Crippen molar-refractivity contribution in [3.63, 3.8) is 0 Å². The van der Waals surface area contributed by atoms with E-state index in [2.05, 4.69) is 25.7 Å². The van der Waals surface area contributed by atoms with Crippen molar-refractivity contribution in [3.8, 4) is 0 Å². The Morgan fingerprint density at radius 3 is 1.66 bits per heavy atom. The van der Waals surface area contributed by atoms with E-state index in [9.17, 15) is 10.2 Å². The molecule has 4 N–H and O–H groups in total. The number of allylic oxidation sites excluding steroid dienone is 3. The number of unbranched alkanes of at least 4 members (excludes halogenated alkanes) is 11. The fourth-order valence-corrected chi connectivity index (χ4v) is 3.51. The van der Waals surface area contributed by atoms with Crippen LogP contribution in [0.2, 0.25) is 0 Å². The molecule has 0 aromatic heterocycles. The summed E-state index contributed by atoms with van der Waals surface area (Å²) in [6.45, 7) is 5.87. The molecule has 0 radical (unpaired) electrons. The Labute approximate surface area is 214 Å². The summed E-state index contributed by atoms with van der Waals surface area (Å²) in [4.78, 5) is 0. The second kappa shape index (κ2) is 26.1. The molecule has 3 atom stereocenters. The first kappa shape index (κ1) is 34.0. The normalized spacial score (nSPS) is 14.3. The molecule has 208 valence electrons. The van der Waals surface area contributed by atoms with E-state index in [0.29, 0.717) is 5.76 Å². The minimum atomic E-state index is -0.956. The minimum absolute atomic E-state index is 0.00213. The first-order valence-electron chi connectivity index (χ1n) is 13.8. The molecule has 0 aliphatic rings. The summed E-state index contributed by atoms with van der Waals surface area (Å²) >= 11 is 0. The summed E-state index contributed by atoms with van der Waals surface area (Å²) in [5, 5.41) is 37.4. The monoisotopic (exact) mass is 502 g/mol. The maximum atomic E-state index is 9.93. The lowest BCUT2D eigenvalue weighted by Gasteiger charge is -2.16. The molecular weight excluding hydrogens is 448 g/mol. The topological polar surface area (TPSA) is 109 Å². The van der Waals surface area contributed by atoms with Gasteiger partial charge in [-0.1, -0.05) is 77.0 Å². The Hall–Kier alpha value is -0.960. The van der Waals surface area contributed by atoms with Gasteiger partial charge in [0, 0.05) is 6.42 Å². The lowest BCUT2D eigenvalue weighted by Crippen LogP contribution is -2.29. The van der Waals surface area contributed by atoms with E-state index in [4.69, 9.17) is 24.4 Å². The molecule has 0 heterocycles. The van der Waals surface area contributed by atoms with Gasteiger partial charge < -0.3 is 34.6 Å². The van der Waals surface area contributed by atoms with Crippen LogP contribution >= 0.6 is 0 Å². The zero-order chi connectivity index (χ0) is 26.0. The Bertz CT molecular complexity index is 484. The summed E-state index contributed by atoms with van der Waals surface area (Å²) in [5.41, 5.74) is 0. The number of hydrogen-bond donors (Lipinski definition) is 4. The van der Waals surface area contributed by atoms with Gasteiger partial charge in [-0.15, -0.1) is 0 Å². The molecule has 35 heavy (non-hydrogen) atoms. The van der Waals surface area contributed by atoms with Crippen LogP contribution in [0.5, 0.6) is 0 Å². The molecule has 3 unspecified atom stereocenters. The van der Waals surface area contributed by atoms with E-state index in [1.165, 1.54) is 70.6 Å². The zero-order valence-corrected chi connectivity index (χ0v) is 22.2. The van der Waals surface area contributed by atoms with Crippen LogP contribution in [0.3, 0.4) is 0 Å². The quantitative estimate of drug-likeness (QED) is 0.0735. The number of rotatable bonds is 27. The van der Waals surface area contributed by atoms with Gasteiger partial charge in [0.05, 0.1) is 38.8 Å². The average Bonchev–Trinajstić information content (AvgIpc) is 2.85. The van der Waals surface area contributed by atoms with E-state index in [1.807, 2.05) is 0 Å². The van der Waals surface area contributed by atoms with Crippen LogP contribution in [0.1, 0.15) is 96.8 Å². The highest BCUT2D eigenvalue weighted by molar-refractivity contribution is 4.83. The van der Waals surface area contributed by atoms with Crippen molar-refractivity contribution in [2.75, 3.05) is 39.6 Å². The standard InChI is InChI=1S/C28H54O7/c1-3-4-5-6-7-8-9-10-11-12-13-14-15-16-17-18-25(2)35-24-28(32)23-34-22-27(31)21-33-20-26(30)19-29/h10-11,26-32H,2-9,12-24H2,1H3/b11-10-. The third-order valence-corrected chi connectivity index (χ3v) is 5.65. The van der Waals surface area contributed by atoms with Crippen molar-refractivity contribution in [1.29, 1.82) is 0 Å². The first-order chi connectivity index (χ1) is 17.0. The molecule has 0 rings (SSSR count). The Balaban J connectivity index is 3.45. The molecule has 0 aliphatic heterocycles. The van der Waals surface area contributed by atoms with E-state index in [0.717, 1.165) is 19.3 Å². The molecule has 0 saturated carbocycles. The highest BCUT2D eigenvalue weighted by Gasteiger charge is 2.10. The van der Waals surface area contributed by atoms with Crippen molar-refractivity contribution in [1.82, 2.24) is 0 Å². The van der Waals surface area contributed by atoms with Gasteiger partial charge in [-0.25, -0.2) is 0 Å². The molecule has 0 bridgehead atoms. The summed E-state index contributed by atoms with van der Waals surface area (Å²) in [7, 11) is 0. The van der Waals surface area contributed by atoms with Crippen LogP contribution in [-0.2, 0) is 14.2 Å². The highest BCUT2D eigenvalue weighted by atomic mass is 16.5. The predicted molar refractivity (Wildman–Crippen MR) is 141 cm³/mol. The summed E-state index contributed by atoms with van der Waals surface area (Å²) < 4.78 is 15.8. The Morgan fingerprint density at radius 1 is 0.657 bits per heavy atom. The molecule has 0 aromatic carbocycles. The van der Waals surface area contributed by atoms with Gasteiger partial charge in [-0.3, -0.25) is 0 Å². The van der Waals surface area contributed by atoms with Gasteiger partial charge in [0.15, 0.2) is 0 Å². The van der Waals surface area contributed by atoms with Crippen molar-refractivity contribution in [2.24, 2.45) is 0 Å². The SMILES string of the molecule is C=C(CCCCCCC/C=C\CCCCCCCC)OCC(O)COCC(O)COCC(O)CO. The van der Waals surface area contributed by atoms with E-state index in [1.54, 1.807) is 0 Å². The van der Waals surface area contributed by atoms with Crippen LogP contribution < -0.4 is 0 Å². The Morgan fingerprint density at radius 2 is 1.11 bits per heavy atom. The smallest absolute Gasteiger partial charge is 0.116 e. The van der Waals surface area contributed by atoms with E-state index in [-0.39, 0.29) is 39.6 Å². The van der Waals surface area contributed by atoms with Crippen LogP contribution in [0.4, 0.5) is 0 Å². The van der Waals surface area contributed by atoms with Gasteiger partial charge in [0.2, 0.25) is 0 Å². The van der Waals surface area contributed by atoms with Crippen LogP contribution in [0.15, 0.2) is 24.5 Å². The maximum Gasteiger partial charge on any atom is 0.116 e. The number of aliphatic hydroxyl groups excluding tert-OH is 4. The third-order valence-electron chi connectivity index (χ3n) is 5.65. The van der Waals surface area contributed by atoms with Crippen LogP contribution in [-0.4, -0.2) is 78.4 Å². The minimum Gasteiger partial charge on any atom is -0.496 e. The summed E-state index contributed by atoms with van der Waals surface area (Å²) in [6, 6.07) is 0. The molecular formula is C28H54O7. The van der Waals surface area contributed by atoms with Gasteiger partial charge in [-0.2, -0.15) is 0 Å². The lowest BCUT2D eigenvalue weighted by molar-refractivity contribution is -0.0643. The van der Waals surface area contributed by atoms with Gasteiger partial charge in [0.1, 0.15) is 24.9 Å². The molecule has 7 nitrogen and oxygen atoms in total. The Kier molecular flexibility index (Phi) is 25.4. The second-order valence-corrected chi connectivity index (χ2v) is 9.40. The van der Waals surface area contributed by atoms with Crippen molar-refractivity contribution in [3.05, 3.63) is 24.5 Å². The molecule has 7 heteroatoms. The predicted octanol–water partition coefficient (Wildman–Crippen LogP) is 4.66.